The van der Waals surface area contributed by atoms with E-state index in [4.69, 9.17) is 14.2 Å². The van der Waals surface area contributed by atoms with Gasteiger partial charge in [-0.15, -0.1) is 0 Å². The topological polar surface area (TPSA) is 78.9 Å². The third-order valence-electron chi connectivity index (χ3n) is 8.38. The van der Waals surface area contributed by atoms with Crippen LogP contribution in [0.1, 0.15) is 175 Å². The number of carbonyl (C=O) groups excluding carboxylic acids is 3. The van der Waals surface area contributed by atoms with Crippen LogP contribution in [0.2, 0.25) is 0 Å². The first-order valence-electron chi connectivity index (χ1n) is 21.1. The smallest absolute Gasteiger partial charge is 0.306 e. The summed E-state index contributed by atoms with van der Waals surface area (Å²) in [5.41, 5.74) is 0. The summed E-state index contributed by atoms with van der Waals surface area (Å²) < 4.78 is 16.6. The van der Waals surface area contributed by atoms with Crippen LogP contribution in [0.4, 0.5) is 0 Å². The Labute approximate surface area is 325 Å². The predicted octanol–water partition coefficient (Wildman–Crippen LogP) is 13.3. The summed E-state index contributed by atoms with van der Waals surface area (Å²) in [4.78, 5) is 37.6. The molecular weight excluding hydrogens is 661 g/mol. The number of esters is 3. The first-order valence-corrected chi connectivity index (χ1v) is 21.1. The molecule has 0 aromatic heterocycles. The van der Waals surface area contributed by atoms with Crippen LogP contribution >= 0.6 is 0 Å². The fourth-order valence-corrected chi connectivity index (χ4v) is 5.30. The average molecular weight is 737 g/mol. The van der Waals surface area contributed by atoms with E-state index in [1.54, 1.807) is 0 Å². The Morgan fingerprint density at radius 2 is 0.698 bits per heavy atom. The lowest BCUT2D eigenvalue weighted by atomic mass is 10.1. The molecule has 6 heteroatoms. The van der Waals surface area contributed by atoms with Crippen molar-refractivity contribution < 1.29 is 28.6 Å². The second-order valence-electron chi connectivity index (χ2n) is 13.5. The summed E-state index contributed by atoms with van der Waals surface area (Å²) >= 11 is 0. The maximum Gasteiger partial charge on any atom is 0.306 e. The van der Waals surface area contributed by atoms with Gasteiger partial charge in [0.2, 0.25) is 0 Å². The summed E-state index contributed by atoms with van der Waals surface area (Å²) in [7, 11) is 0. The molecule has 53 heavy (non-hydrogen) atoms. The Hall–Kier alpha value is -3.41. The molecule has 1 atom stereocenters. The molecule has 0 aliphatic heterocycles. The quantitative estimate of drug-likeness (QED) is 0.0276. The number of rotatable bonds is 36. The predicted molar refractivity (Wildman–Crippen MR) is 224 cm³/mol. The zero-order valence-corrected chi connectivity index (χ0v) is 34.0. The van der Waals surface area contributed by atoms with Crippen molar-refractivity contribution in [3.63, 3.8) is 0 Å². The second kappa shape index (κ2) is 41.3. The molecule has 0 aromatic carbocycles. The van der Waals surface area contributed by atoms with E-state index < -0.39 is 6.10 Å². The summed E-state index contributed by atoms with van der Waals surface area (Å²) in [5, 5.41) is 0. The molecule has 0 aromatic rings. The van der Waals surface area contributed by atoms with Gasteiger partial charge < -0.3 is 14.2 Å². The lowest BCUT2D eigenvalue weighted by Gasteiger charge is -2.18. The number of allylic oxidation sites excluding steroid dienone is 14. The van der Waals surface area contributed by atoms with Crippen molar-refractivity contribution in [1.82, 2.24) is 0 Å². The highest BCUT2D eigenvalue weighted by molar-refractivity contribution is 5.71. The lowest BCUT2D eigenvalue weighted by Crippen LogP contribution is -2.30. The molecule has 0 fully saturated rings. The minimum atomic E-state index is -0.807. The van der Waals surface area contributed by atoms with Gasteiger partial charge in [-0.05, 0) is 96.3 Å². The Balaban J connectivity index is 4.51. The minimum Gasteiger partial charge on any atom is -0.462 e. The van der Waals surface area contributed by atoms with Gasteiger partial charge in [-0.1, -0.05) is 144 Å². The Morgan fingerprint density at radius 3 is 1.13 bits per heavy atom. The highest BCUT2D eigenvalue weighted by atomic mass is 16.6. The van der Waals surface area contributed by atoms with Gasteiger partial charge in [-0.3, -0.25) is 14.4 Å². The van der Waals surface area contributed by atoms with Crippen LogP contribution < -0.4 is 0 Å². The number of hydrogen-bond donors (Lipinski definition) is 0. The van der Waals surface area contributed by atoms with Crippen molar-refractivity contribution in [2.24, 2.45) is 0 Å². The van der Waals surface area contributed by atoms with Crippen molar-refractivity contribution >= 4 is 17.9 Å². The first-order chi connectivity index (χ1) is 26.0. The molecule has 0 radical (unpaired) electrons. The van der Waals surface area contributed by atoms with E-state index in [1.807, 2.05) is 0 Å². The molecule has 0 aliphatic rings. The number of ether oxygens (including phenoxy) is 3. The van der Waals surface area contributed by atoms with Crippen molar-refractivity contribution in [2.45, 2.75) is 181 Å². The zero-order chi connectivity index (χ0) is 38.7. The van der Waals surface area contributed by atoms with Crippen molar-refractivity contribution in [3.05, 3.63) is 85.1 Å². The van der Waals surface area contributed by atoms with Crippen molar-refractivity contribution in [3.8, 4) is 0 Å². The van der Waals surface area contributed by atoms with Gasteiger partial charge in [0.15, 0.2) is 6.10 Å². The van der Waals surface area contributed by atoms with E-state index in [1.165, 1.54) is 0 Å². The van der Waals surface area contributed by atoms with Gasteiger partial charge in [0, 0.05) is 19.3 Å². The normalized spacial score (nSPS) is 12.9. The fraction of sp³-hybridized carbons (Fsp3) is 0.638. The molecule has 0 aliphatic carbocycles. The molecule has 0 amide bonds. The number of carbonyl (C=O) groups is 3. The summed E-state index contributed by atoms with van der Waals surface area (Å²) in [6, 6.07) is 0. The SMILES string of the molecule is CC/C=C\C/C=C\C/C=C\CCCC(=O)OCC(COC(=O)CCCCCCC/C=C\C/C=C\CC)OC(=O)CCCCCCC/C=C\C/C=C\CC. The number of unbranched alkanes of at least 4 members (excludes halogenated alkanes) is 11. The van der Waals surface area contributed by atoms with Gasteiger partial charge in [-0.25, -0.2) is 0 Å². The van der Waals surface area contributed by atoms with E-state index in [-0.39, 0.29) is 37.5 Å². The molecule has 0 N–H and O–H groups in total. The molecule has 300 valence electrons. The molecule has 0 spiro atoms. The first kappa shape index (κ1) is 49.6. The average Bonchev–Trinajstić information content (AvgIpc) is 3.15. The van der Waals surface area contributed by atoms with Crippen LogP contribution in [0.15, 0.2) is 85.1 Å². The third kappa shape index (κ3) is 39.6. The van der Waals surface area contributed by atoms with E-state index in [0.29, 0.717) is 19.3 Å². The lowest BCUT2D eigenvalue weighted by molar-refractivity contribution is -0.167. The monoisotopic (exact) mass is 737 g/mol. The molecule has 0 heterocycles. The maximum atomic E-state index is 12.7. The van der Waals surface area contributed by atoms with E-state index in [2.05, 4.69) is 106 Å². The Morgan fingerprint density at radius 1 is 0.377 bits per heavy atom. The van der Waals surface area contributed by atoms with E-state index >= 15 is 0 Å². The summed E-state index contributed by atoms with van der Waals surface area (Å²) in [6.45, 7) is 6.19. The molecule has 0 saturated carbocycles. The van der Waals surface area contributed by atoms with Gasteiger partial charge in [0.05, 0.1) is 0 Å². The highest BCUT2D eigenvalue weighted by Gasteiger charge is 2.19. The minimum absolute atomic E-state index is 0.107. The van der Waals surface area contributed by atoms with Crippen LogP contribution in [0.3, 0.4) is 0 Å². The summed E-state index contributed by atoms with van der Waals surface area (Å²) in [6.07, 6.45) is 51.5. The van der Waals surface area contributed by atoms with E-state index in [9.17, 15) is 14.4 Å². The second-order valence-corrected chi connectivity index (χ2v) is 13.5. The molecule has 0 bridgehead atoms. The molecule has 6 nitrogen and oxygen atoms in total. The van der Waals surface area contributed by atoms with Crippen molar-refractivity contribution in [2.75, 3.05) is 13.2 Å². The molecule has 1 unspecified atom stereocenters. The van der Waals surface area contributed by atoms with Crippen LogP contribution in [0, 0.1) is 0 Å². The Bertz CT molecular complexity index is 1080. The Kier molecular flexibility index (Phi) is 38.7. The number of hydrogen-bond acceptors (Lipinski definition) is 6. The van der Waals surface area contributed by atoms with Crippen LogP contribution in [-0.4, -0.2) is 37.2 Å². The fourth-order valence-electron chi connectivity index (χ4n) is 5.30. The standard InChI is InChI=1S/C47H76O6/c1-4-7-10-13-16-19-22-25-28-31-34-37-40-46(49)52-43-44(42-51-45(48)39-36-33-30-27-24-21-18-15-12-9-6-3)53-47(50)41-38-35-32-29-26-23-20-17-14-11-8-5-2/h7-12,16-21,27,30,44H,4-6,13-15,22-26,28-29,31-43H2,1-3H3/b10-7-,11-8-,12-9-,19-16-,20-17-,21-18-,30-27-. The largest absolute Gasteiger partial charge is 0.462 e. The van der Waals surface area contributed by atoms with E-state index in [0.717, 1.165) is 128 Å². The van der Waals surface area contributed by atoms with Crippen LogP contribution in [0.5, 0.6) is 0 Å². The summed E-state index contributed by atoms with van der Waals surface area (Å²) in [5.74, 6) is -1.01. The van der Waals surface area contributed by atoms with Crippen LogP contribution in [0.25, 0.3) is 0 Å². The molecule has 0 saturated heterocycles. The van der Waals surface area contributed by atoms with Gasteiger partial charge in [0.1, 0.15) is 13.2 Å². The molecular formula is C47H76O6. The van der Waals surface area contributed by atoms with Crippen molar-refractivity contribution in [1.29, 1.82) is 0 Å². The molecule has 0 rings (SSSR count). The van der Waals surface area contributed by atoms with Gasteiger partial charge in [0.25, 0.3) is 0 Å². The maximum absolute atomic E-state index is 12.7. The van der Waals surface area contributed by atoms with Gasteiger partial charge in [-0.2, -0.15) is 0 Å². The van der Waals surface area contributed by atoms with Gasteiger partial charge >= 0.3 is 17.9 Å². The van der Waals surface area contributed by atoms with Crippen LogP contribution in [-0.2, 0) is 28.6 Å². The highest BCUT2D eigenvalue weighted by Crippen LogP contribution is 2.12. The zero-order valence-electron chi connectivity index (χ0n) is 34.0. The third-order valence-corrected chi connectivity index (χ3v) is 8.38.